The Kier molecular flexibility index (Phi) is 5.06. The molecule has 2 amide bonds. The molecule has 0 radical (unpaired) electrons. The second kappa shape index (κ2) is 7.00. The van der Waals surface area contributed by atoms with Gasteiger partial charge in [-0.25, -0.2) is 4.79 Å². The van der Waals surface area contributed by atoms with Gasteiger partial charge in [-0.05, 0) is 12.1 Å². The summed E-state index contributed by atoms with van der Waals surface area (Å²) >= 11 is 1.74. The van der Waals surface area contributed by atoms with Gasteiger partial charge in [-0.15, -0.1) is 11.8 Å². The average Bonchev–Trinajstić information content (AvgIpc) is 2.83. The fourth-order valence-corrected chi connectivity index (χ4v) is 2.62. The SMILES string of the molecule is C[C@H](CNC(=O)Nc1cnn(C)c1)Sc1ccccc1. The van der Waals surface area contributed by atoms with Gasteiger partial charge in [-0.3, -0.25) is 4.68 Å². The predicted molar refractivity (Wildman–Crippen MR) is 82.0 cm³/mol. The standard InChI is InChI=1S/C14H18N4OS/c1-11(20-13-6-4-3-5-7-13)8-15-14(19)17-12-9-16-18(2)10-12/h3-7,9-11H,8H2,1-2H3,(H2,15,17,19)/t11-/m1/s1. The van der Waals surface area contributed by atoms with E-state index in [0.717, 1.165) is 0 Å². The highest BCUT2D eigenvalue weighted by Gasteiger charge is 2.07. The summed E-state index contributed by atoms with van der Waals surface area (Å²) in [6.07, 6.45) is 3.36. The molecule has 0 bridgehead atoms. The molecule has 2 N–H and O–H groups in total. The molecule has 106 valence electrons. The van der Waals surface area contributed by atoms with Gasteiger partial charge in [-0.1, -0.05) is 25.1 Å². The summed E-state index contributed by atoms with van der Waals surface area (Å²) in [4.78, 5) is 12.9. The topological polar surface area (TPSA) is 59.0 Å². The van der Waals surface area contributed by atoms with Crippen LogP contribution in [0.1, 0.15) is 6.92 Å². The molecule has 0 aliphatic heterocycles. The van der Waals surface area contributed by atoms with E-state index in [-0.39, 0.29) is 6.03 Å². The number of anilines is 1. The van der Waals surface area contributed by atoms with E-state index in [1.54, 1.807) is 28.8 Å². The number of nitrogens with zero attached hydrogens (tertiary/aromatic N) is 2. The zero-order valence-electron chi connectivity index (χ0n) is 11.5. The van der Waals surface area contributed by atoms with Gasteiger partial charge in [0.05, 0.1) is 11.9 Å². The summed E-state index contributed by atoms with van der Waals surface area (Å²) < 4.78 is 1.64. The third kappa shape index (κ3) is 4.62. The fraction of sp³-hybridized carbons (Fsp3) is 0.286. The van der Waals surface area contributed by atoms with Gasteiger partial charge in [0.15, 0.2) is 0 Å². The number of carbonyl (C=O) groups excluding carboxylic acids is 1. The molecule has 0 aliphatic carbocycles. The molecule has 5 nitrogen and oxygen atoms in total. The summed E-state index contributed by atoms with van der Waals surface area (Å²) in [5.74, 6) is 0. The maximum Gasteiger partial charge on any atom is 0.319 e. The zero-order valence-corrected chi connectivity index (χ0v) is 12.4. The second-order valence-corrected chi connectivity index (χ2v) is 5.99. The van der Waals surface area contributed by atoms with Gasteiger partial charge in [0.2, 0.25) is 0 Å². The number of aromatic nitrogens is 2. The lowest BCUT2D eigenvalue weighted by Crippen LogP contribution is -2.33. The molecule has 1 aromatic heterocycles. The molecule has 1 aromatic carbocycles. The number of amides is 2. The first-order chi connectivity index (χ1) is 9.63. The van der Waals surface area contributed by atoms with E-state index in [0.29, 0.717) is 17.5 Å². The Labute approximate surface area is 122 Å². The number of urea groups is 1. The maximum atomic E-state index is 11.7. The van der Waals surface area contributed by atoms with Gasteiger partial charge in [0.25, 0.3) is 0 Å². The van der Waals surface area contributed by atoms with Crippen LogP contribution in [-0.2, 0) is 7.05 Å². The lowest BCUT2D eigenvalue weighted by molar-refractivity contribution is 0.252. The highest BCUT2D eigenvalue weighted by Crippen LogP contribution is 2.21. The van der Waals surface area contributed by atoms with Crippen molar-refractivity contribution in [2.45, 2.75) is 17.1 Å². The highest BCUT2D eigenvalue weighted by atomic mass is 32.2. The molecule has 6 heteroatoms. The van der Waals surface area contributed by atoms with Crippen molar-refractivity contribution >= 4 is 23.5 Å². The predicted octanol–water partition coefficient (Wildman–Crippen LogP) is 2.72. The molecule has 0 spiro atoms. The number of hydrogen-bond acceptors (Lipinski definition) is 3. The normalized spacial score (nSPS) is 11.9. The summed E-state index contributed by atoms with van der Waals surface area (Å²) in [6, 6.07) is 9.94. The first-order valence-electron chi connectivity index (χ1n) is 6.38. The van der Waals surface area contributed by atoms with Crippen LogP contribution in [0.25, 0.3) is 0 Å². The number of nitrogens with one attached hydrogen (secondary N) is 2. The number of carbonyl (C=O) groups is 1. The van der Waals surface area contributed by atoms with Crippen LogP contribution in [0.2, 0.25) is 0 Å². The molecular formula is C14H18N4OS. The van der Waals surface area contributed by atoms with E-state index in [1.807, 2.05) is 25.2 Å². The Morgan fingerprint density at radius 2 is 2.15 bits per heavy atom. The van der Waals surface area contributed by atoms with Crippen LogP contribution in [0.5, 0.6) is 0 Å². The van der Waals surface area contributed by atoms with Crippen LogP contribution in [0.4, 0.5) is 10.5 Å². The Bertz CT molecular complexity index is 555. The monoisotopic (exact) mass is 290 g/mol. The Balaban J connectivity index is 1.73. The Morgan fingerprint density at radius 1 is 1.40 bits per heavy atom. The number of aryl methyl sites for hydroxylation is 1. The molecule has 20 heavy (non-hydrogen) atoms. The zero-order chi connectivity index (χ0) is 14.4. The summed E-state index contributed by atoms with van der Waals surface area (Å²) in [6.45, 7) is 2.69. The third-order valence-corrected chi connectivity index (χ3v) is 3.71. The molecular weight excluding hydrogens is 272 g/mol. The minimum absolute atomic E-state index is 0.210. The lowest BCUT2D eigenvalue weighted by atomic mass is 10.4. The Hall–Kier alpha value is -1.95. The van der Waals surface area contributed by atoms with Crippen molar-refractivity contribution in [1.82, 2.24) is 15.1 Å². The third-order valence-electron chi connectivity index (χ3n) is 2.59. The van der Waals surface area contributed by atoms with Gasteiger partial charge >= 0.3 is 6.03 Å². The van der Waals surface area contributed by atoms with E-state index < -0.39 is 0 Å². The van der Waals surface area contributed by atoms with Gasteiger partial charge in [-0.2, -0.15) is 5.10 Å². The lowest BCUT2D eigenvalue weighted by Gasteiger charge is -2.12. The molecule has 1 heterocycles. The van der Waals surface area contributed by atoms with Crippen LogP contribution in [0.15, 0.2) is 47.6 Å². The van der Waals surface area contributed by atoms with Crippen molar-refractivity contribution in [3.8, 4) is 0 Å². The molecule has 0 aliphatic rings. The number of benzene rings is 1. The van der Waals surface area contributed by atoms with Crippen LogP contribution in [0, 0.1) is 0 Å². The first kappa shape index (κ1) is 14.5. The van der Waals surface area contributed by atoms with E-state index in [4.69, 9.17) is 0 Å². The molecule has 0 saturated carbocycles. The molecule has 1 atom stereocenters. The molecule has 0 unspecified atom stereocenters. The molecule has 0 saturated heterocycles. The Morgan fingerprint density at radius 3 is 2.80 bits per heavy atom. The van der Waals surface area contributed by atoms with Crippen molar-refractivity contribution in [2.75, 3.05) is 11.9 Å². The first-order valence-corrected chi connectivity index (χ1v) is 7.26. The van der Waals surface area contributed by atoms with Crippen molar-refractivity contribution in [2.24, 2.45) is 7.05 Å². The molecule has 2 rings (SSSR count). The maximum absolute atomic E-state index is 11.7. The number of rotatable bonds is 5. The van der Waals surface area contributed by atoms with Crippen molar-refractivity contribution in [3.05, 3.63) is 42.7 Å². The summed E-state index contributed by atoms with van der Waals surface area (Å²) in [7, 11) is 1.81. The van der Waals surface area contributed by atoms with Crippen LogP contribution < -0.4 is 10.6 Å². The average molecular weight is 290 g/mol. The van der Waals surface area contributed by atoms with Crippen LogP contribution >= 0.6 is 11.8 Å². The van der Waals surface area contributed by atoms with E-state index in [1.165, 1.54) is 4.90 Å². The molecule has 0 fully saturated rings. The van der Waals surface area contributed by atoms with Gasteiger partial charge in [0, 0.05) is 29.9 Å². The van der Waals surface area contributed by atoms with Gasteiger partial charge < -0.3 is 10.6 Å². The van der Waals surface area contributed by atoms with E-state index in [9.17, 15) is 4.79 Å². The fourth-order valence-electron chi connectivity index (χ4n) is 1.67. The van der Waals surface area contributed by atoms with Crippen molar-refractivity contribution in [1.29, 1.82) is 0 Å². The van der Waals surface area contributed by atoms with Crippen molar-refractivity contribution < 1.29 is 4.79 Å². The quantitative estimate of drug-likeness (QED) is 0.832. The second-order valence-electron chi connectivity index (χ2n) is 4.48. The van der Waals surface area contributed by atoms with Crippen LogP contribution in [0.3, 0.4) is 0 Å². The van der Waals surface area contributed by atoms with Gasteiger partial charge in [0.1, 0.15) is 0 Å². The van der Waals surface area contributed by atoms with E-state index in [2.05, 4.69) is 34.8 Å². The molecule has 2 aromatic rings. The largest absolute Gasteiger partial charge is 0.337 e. The van der Waals surface area contributed by atoms with Crippen LogP contribution in [-0.4, -0.2) is 27.6 Å². The smallest absolute Gasteiger partial charge is 0.319 e. The minimum atomic E-state index is -0.210. The highest BCUT2D eigenvalue weighted by molar-refractivity contribution is 8.00. The number of thioether (sulfide) groups is 1. The van der Waals surface area contributed by atoms with E-state index >= 15 is 0 Å². The summed E-state index contributed by atoms with van der Waals surface area (Å²) in [5, 5.41) is 9.89. The summed E-state index contributed by atoms with van der Waals surface area (Å²) in [5.41, 5.74) is 0.688. The van der Waals surface area contributed by atoms with Crippen molar-refractivity contribution in [3.63, 3.8) is 0 Å². The number of hydrogen-bond donors (Lipinski definition) is 2. The minimum Gasteiger partial charge on any atom is -0.337 e.